The van der Waals surface area contributed by atoms with Gasteiger partial charge in [-0.25, -0.2) is 0 Å². The number of thioether (sulfide) groups is 1. The number of benzene rings is 2. The molecule has 35 heavy (non-hydrogen) atoms. The number of ether oxygens (including phenoxy) is 2. The van der Waals surface area contributed by atoms with Crippen molar-refractivity contribution in [2.45, 2.75) is 25.5 Å². The lowest BCUT2D eigenvalue weighted by Gasteiger charge is -2.10. The van der Waals surface area contributed by atoms with Gasteiger partial charge in [-0.2, -0.15) is 16.8 Å². The molecule has 2 heterocycles. The summed E-state index contributed by atoms with van der Waals surface area (Å²) in [6.07, 6.45) is 2.05. The van der Waals surface area contributed by atoms with E-state index in [1.165, 1.54) is 34.6 Å². The molecule has 1 N–H and O–H groups in total. The molecule has 1 unspecified atom stereocenters. The highest BCUT2D eigenvalue weighted by molar-refractivity contribution is 7.99. The largest absolute Gasteiger partial charge is 0.473 e. The first-order chi connectivity index (χ1) is 17.1. The van der Waals surface area contributed by atoms with Crippen LogP contribution in [0.25, 0.3) is 0 Å². The molecule has 0 bridgehead atoms. The van der Waals surface area contributed by atoms with E-state index in [0.717, 1.165) is 26.6 Å². The number of aliphatic imine (C=N–C) groups is 1. The summed E-state index contributed by atoms with van der Waals surface area (Å²) >= 11 is 10.6. The summed E-state index contributed by atoms with van der Waals surface area (Å²) in [5.74, 6) is 2.40. The lowest BCUT2D eigenvalue weighted by atomic mass is 10.2. The second-order valence-corrected chi connectivity index (χ2v) is 11.1. The number of halogens is 1. The minimum atomic E-state index is 0.126. The Kier molecular flexibility index (Phi) is 9.29. The molecule has 12 heteroatoms. The average molecular weight is 547 g/mol. The molecule has 0 saturated heterocycles. The van der Waals surface area contributed by atoms with Gasteiger partial charge < -0.3 is 14.8 Å². The van der Waals surface area contributed by atoms with Gasteiger partial charge >= 0.3 is 0 Å². The lowest BCUT2D eigenvalue weighted by molar-refractivity contribution is 0.346. The first-order valence-electron chi connectivity index (χ1n) is 10.7. The molecule has 1 atom stereocenters. The normalized spacial score (nSPS) is 12.1. The van der Waals surface area contributed by atoms with E-state index < -0.39 is 0 Å². The summed E-state index contributed by atoms with van der Waals surface area (Å²) in [6, 6.07) is 15.0. The Morgan fingerprint density at radius 3 is 2.57 bits per heavy atom. The predicted octanol–water partition coefficient (Wildman–Crippen LogP) is 6.58. The molecular formula is C23H23ClN6O2S3. The lowest BCUT2D eigenvalue weighted by Crippen LogP contribution is -2.08. The highest BCUT2D eigenvalue weighted by Crippen LogP contribution is 2.36. The highest BCUT2D eigenvalue weighted by atomic mass is 35.5. The minimum absolute atomic E-state index is 0.126. The molecular weight excluding hydrogens is 524 g/mol. The molecule has 0 radical (unpaired) electrons. The summed E-state index contributed by atoms with van der Waals surface area (Å²) in [4.78, 5) is 4.25. The van der Waals surface area contributed by atoms with Crippen molar-refractivity contribution in [2.75, 3.05) is 17.8 Å². The van der Waals surface area contributed by atoms with E-state index in [2.05, 4.69) is 37.6 Å². The molecule has 0 spiro atoms. The molecule has 0 aliphatic heterocycles. The quantitative estimate of drug-likeness (QED) is 0.121. The maximum atomic E-state index is 5.88. The van der Waals surface area contributed by atoms with E-state index in [1.54, 1.807) is 36.0 Å². The molecule has 0 saturated carbocycles. The number of nitrogens with one attached hydrogen (secondary N) is 1. The zero-order valence-corrected chi connectivity index (χ0v) is 22.3. The Morgan fingerprint density at radius 1 is 1.03 bits per heavy atom. The topological polar surface area (TPSA) is 94.4 Å². The molecule has 0 amide bonds. The molecule has 4 aromatic rings. The molecule has 0 fully saturated rings. The number of hydrogen-bond acceptors (Lipinski definition) is 11. The molecule has 182 valence electrons. The van der Waals surface area contributed by atoms with Gasteiger partial charge in [0.1, 0.15) is 21.5 Å². The van der Waals surface area contributed by atoms with Gasteiger partial charge in [0.25, 0.3) is 0 Å². The second-order valence-electron chi connectivity index (χ2n) is 7.16. The van der Waals surface area contributed by atoms with Crippen molar-refractivity contribution < 1.29 is 9.47 Å². The number of hydrogen-bond donors (Lipinski definition) is 1. The third-order valence-electron chi connectivity index (χ3n) is 4.55. The van der Waals surface area contributed by atoms with Crippen molar-refractivity contribution in [3.05, 3.63) is 69.1 Å². The van der Waals surface area contributed by atoms with Gasteiger partial charge in [-0.15, -0.1) is 20.4 Å². The first kappa shape index (κ1) is 25.4. The van der Waals surface area contributed by atoms with E-state index in [-0.39, 0.29) is 5.25 Å². The van der Waals surface area contributed by atoms with Crippen molar-refractivity contribution >= 4 is 62.7 Å². The number of nitrogens with zero attached hydrogens (tertiary/aromatic N) is 5. The Balaban J connectivity index is 1.30. The van der Waals surface area contributed by atoms with Crippen LogP contribution in [0.2, 0.25) is 5.02 Å². The van der Waals surface area contributed by atoms with Crippen LogP contribution in [0.15, 0.2) is 53.5 Å². The van der Waals surface area contributed by atoms with Crippen LogP contribution in [-0.2, 0) is 6.42 Å². The van der Waals surface area contributed by atoms with Crippen molar-refractivity contribution in [2.24, 2.45) is 4.99 Å². The van der Waals surface area contributed by atoms with E-state index in [9.17, 15) is 0 Å². The fourth-order valence-electron chi connectivity index (χ4n) is 2.85. The Bertz CT molecular complexity index is 1230. The van der Waals surface area contributed by atoms with E-state index in [1.807, 2.05) is 31.2 Å². The van der Waals surface area contributed by atoms with Crippen LogP contribution in [0.3, 0.4) is 0 Å². The fourth-order valence-corrected chi connectivity index (χ4v) is 5.73. The van der Waals surface area contributed by atoms with Crippen molar-refractivity contribution in [1.29, 1.82) is 0 Å². The van der Waals surface area contributed by atoms with Gasteiger partial charge in [0.15, 0.2) is 13.1 Å². The monoisotopic (exact) mass is 546 g/mol. The Morgan fingerprint density at radius 2 is 1.80 bits per heavy atom. The maximum absolute atomic E-state index is 5.88. The molecule has 0 aliphatic carbocycles. The minimum Gasteiger partial charge on any atom is -0.473 e. The summed E-state index contributed by atoms with van der Waals surface area (Å²) in [5.41, 5.74) is 1.19. The molecule has 2 aromatic carbocycles. The average Bonchev–Trinajstić information content (AvgIpc) is 3.51. The Hall–Kier alpha value is -2.73. The van der Waals surface area contributed by atoms with Crippen LogP contribution in [-0.4, -0.2) is 39.3 Å². The van der Waals surface area contributed by atoms with Crippen LogP contribution in [0.4, 0.5) is 10.3 Å². The van der Waals surface area contributed by atoms with Gasteiger partial charge in [0.05, 0.1) is 5.25 Å². The first-order valence-corrected chi connectivity index (χ1v) is 13.8. The number of aromatic nitrogens is 4. The summed E-state index contributed by atoms with van der Waals surface area (Å²) in [5, 5.41) is 24.1. The van der Waals surface area contributed by atoms with Crippen molar-refractivity contribution in [3.8, 4) is 11.5 Å². The van der Waals surface area contributed by atoms with Crippen molar-refractivity contribution in [1.82, 2.24) is 20.4 Å². The second kappa shape index (κ2) is 12.8. The molecule has 2 aromatic heterocycles. The molecule has 4 rings (SSSR count). The number of aryl methyl sites for hydroxylation is 1. The zero-order valence-electron chi connectivity index (χ0n) is 19.1. The maximum Gasteiger partial charge on any atom is 0.234 e. The van der Waals surface area contributed by atoms with Crippen molar-refractivity contribution in [3.63, 3.8) is 0 Å². The fraction of sp³-hybridized carbons (Fsp3) is 0.261. The van der Waals surface area contributed by atoms with Gasteiger partial charge in [0.2, 0.25) is 10.3 Å². The van der Waals surface area contributed by atoms with Crippen LogP contribution in [0.1, 0.15) is 27.8 Å². The third-order valence-corrected chi connectivity index (χ3v) is 7.92. The summed E-state index contributed by atoms with van der Waals surface area (Å²) < 4.78 is 11.2. The Labute approximate surface area is 220 Å². The van der Waals surface area contributed by atoms with E-state index in [0.29, 0.717) is 29.1 Å². The standard InChI is InChI=1S/C23H23ClN6O2S3/c1-3-33-19(21-28-30-23(35-21)26-14-31-17-8-4-15(2)5-9-17)12-20-27-29-22(34-20)25-13-32-18-10-6-16(24)7-11-18/h4-11,13,19H,3,12,14H2,1-2H3,(H,26,30)/b25-13-. The molecule has 0 aliphatic rings. The van der Waals surface area contributed by atoms with Gasteiger partial charge in [-0.3, -0.25) is 0 Å². The smallest absolute Gasteiger partial charge is 0.234 e. The van der Waals surface area contributed by atoms with Gasteiger partial charge in [-0.1, -0.05) is 58.9 Å². The number of anilines is 1. The van der Waals surface area contributed by atoms with Crippen LogP contribution in [0.5, 0.6) is 11.5 Å². The predicted molar refractivity (Wildman–Crippen MR) is 145 cm³/mol. The summed E-state index contributed by atoms with van der Waals surface area (Å²) in [7, 11) is 0. The van der Waals surface area contributed by atoms with E-state index >= 15 is 0 Å². The SMILES string of the molecule is CCSC(Cc1nnc(/N=C\Oc2ccc(Cl)cc2)s1)c1nnc(NCOc2ccc(C)cc2)s1. The van der Waals surface area contributed by atoms with Crippen LogP contribution >= 0.6 is 46.0 Å². The third kappa shape index (κ3) is 7.89. The highest BCUT2D eigenvalue weighted by Gasteiger charge is 2.20. The molecule has 8 nitrogen and oxygen atoms in total. The van der Waals surface area contributed by atoms with Gasteiger partial charge in [0, 0.05) is 11.4 Å². The zero-order chi connectivity index (χ0) is 24.5. The number of rotatable bonds is 12. The van der Waals surface area contributed by atoms with Crippen LogP contribution in [0, 0.1) is 6.92 Å². The summed E-state index contributed by atoms with van der Waals surface area (Å²) in [6.45, 7) is 4.49. The van der Waals surface area contributed by atoms with Gasteiger partial charge in [-0.05, 0) is 49.1 Å². The van der Waals surface area contributed by atoms with Crippen LogP contribution < -0.4 is 14.8 Å². The van der Waals surface area contributed by atoms with E-state index in [4.69, 9.17) is 21.1 Å².